The van der Waals surface area contributed by atoms with Crippen LogP contribution in [0.4, 0.5) is 5.69 Å². The second-order valence-electron chi connectivity index (χ2n) is 6.63. The van der Waals surface area contributed by atoms with Crippen LogP contribution in [0.1, 0.15) is 34.6 Å². The molecular formula is C21H21N3O2S. The summed E-state index contributed by atoms with van der Waals surface area (Å²) in [6, 6.07) is 15.3. The van der Waals surface area contributed by atoms with E-state index in [1.54, 1.807) is 28.4 Å². The molecule has 27 heavy (non-hydrogen) atoms. The second-order valence-corrected chi connectivity index (χ2v) is 7.75. The Hall–Kier alpha value is -2.73. The van der Waals surface area contributed by atoms with Crippen molar-refractivity contribution in [3.63, 3.8) is 0 Å². The number of rotatable bonds is 5. The molecule has 0 atom stereocenters. The number of aromatic nitrogens is 1. The van der Waals surface area contributed by atoms with E-state index in [2.05, 4.69) is 16.4 Å². The molecule has 1 N–H and O–H groups in total. The first-order valence-corrected chi connectivity index (χ1v) is 10.1. The molecule has 0 saturated carbocycles. The normalized spacial score (nSPS) is 14.5. The van der Waals surface area contributed by atoms with Crippen molar-refractivity contribution in [3.8, 4) is 0 Å². The highest BCUT2D eigenvalue weighted by Crippen LogP contribution is 2.22. The molecule has 138 valence electrons. The monoisotopic (exact) mass is 379 g/mol. The van der Waals surface area contributed by atoms with Gasteiger partial charge in [-0.3, -0.25) is 9.59 Å². The third-order valence-corrected chi connectivity index (χ3v) is 5.82. The standard InChI is InChI=1S/C21H21N3O2S/c25-20-7-3-4-14-24(20)16-10-8-15(9-11-16)21(26)22-13-12-19-23-17-5-1-2-6-18(17)27-19/h1-2,5-6,8-11H,3-4,7,12-14H2,(H,22,26). The average molecular weight is 379 g/mol. The molecular weight excluding hydrogens is 358 g/mol. The maximum absolute atomic E-state index is 12.4. The molecule has 4 rings (SSSR count). The molecule has 0 bridgehead atoms. The van der Waals surface area contributed by atoms with Gasteiger partial charge in [-0.2, -0.15) is 0 Å². The quantitative estimate of drug-likeness (QED) is 0.734. The minimum absolute atomic E-state index is 0.104. The lowest BCUT2D eigenvalue weighted by Crippen LogP contribution is -2.35. The molecule has 0 radical (unpaired) electrons. The number of piperidine rings is 1. The van der Waals surface area contributed by atoms with Gasteiger partial charge in [-0.15, -0.1) is 11.3 Å². The summed E-state index contributed by atoms with van der Waals surface area (Å²) in [5, 5.41) is 3.97. The van der Waals surface area contributed by atoms with Crippen LogP contribution in [0.25, 0.3) is 10.2 Å². The minimum Gasteiger partial charge on any atom is -0.352 e. The van der Waals surface area contributed by atoms with Crippen LogP contribution in [-0.4, -0.2) is 29.9 Å². The van der Waals surface area contributed by atoms with Crippen LogP contribution < -0.4 is 10.2 Å². The van der Waals surface area contributed by atoms with E-state index in [-0.39, 0.29) is 11.8 Å². The highest BCUT2D eigenvalue weighted by Gasteiger charge is 2.19. The van der Waals surface area contributed by atoms with Gasteiger partial charge in [0, 0.05) is 37.2 Å². The predicted octanol–water partition coefficient (Wildman–Crippen LogP) is 3.79. The Morgan fingerprint density at radius 3 is 2.70 bits per heavy atom. The van der Waals surface area contributed by atoms with Crippen molar-refractivity contribution in [1.82, 2.24) is 10.3 Å². The third-order valence-electron chi connectivity index (χ3n) is 4.73. The van der Waals surface area contributed by atoms with Crippen molar-refractivity contribution in [3.05, 3.63) is 59.1 Å². The molecule has 1 aliphatic rings. The van der Waals surface area contributed by atoms with Crippen molar-refractivity contribution in [1.29, 1.82) is 0 Å². The fraction of sp³-hybridized carbons (Fsp3) is 0.286. The third kappa shape index (κ3) is 4.01. The fourth-order valence-corrected chi connectivity index (χ4v) is 4.25. The largest absolute Gasteiger partial charge is 0.352 e. The Kier molecular flexibility index (Phi) is 5.16. The molecule has 2 heterocycles. The van der Waals surface area contributed by atoms with Gasteiger partial charge in [0.05, 0.1) is 15.2 Å². The van der Waals surface area contributed by atoms with Gasteiger partial charge in [-0.05, 0) is 49.2 Å². The minimum atomic E-state index is -0.104. The average Bonchev–Trinajstić information content (AvgIpc) is 3.11. The molecule has 1 aromatic heterocycles. The first-order chi connectivity index (χ1) is 13.2. The Balaban J connectivity index is 1.33. The lowest BCUT2D eigenvalue weighted by atomic mass is 10.1. The maximum Gasteiger partial charge on any atom is 0.251 e. The number of nitrogens with one attached hydrogen (secondary N) is 1. The van der Waals surface area contributed by atoms with Crippen LogP contribution in [-0.2, 0) is 11.2 Å². The summed E-state index contributed by atoms with van der Waals surface area (Å²) in [6.07, 6.45) is 3.31. The van der Waals surface area contributed by atoms with Crippen molar-refractivity contribution in [2.75, 3.05) is 18.0 Å². The van der Waals surface area contributed by atoms with Gasteiger partial charge in [-0.1, -0.05) is 12.1 Å². The van der Waals surface area contributed by atoms with Gasteiger partial charge < -0.3 is 10.2 Å². The second kappa shape index (κ2) is 7.88. The molecule has 0 spiro atoms. The molecule has 1 aliphatic heterocycles. The maximum atomic E-state index is 12.4. The summed E-state index contributed by atoms with van der Waals surface area (Å²) < 4.78 is 1.17. The molecule has 1 fully saturated rings. The van der Waals surface area contributed by atoms with Gasteiger partial charge in [0.25, 0.3) is 5.91 Å². The zero-order chi connectivity index (χ0) is 18.6. The highest BCUT2D eigenvalue weighted by molar-refractivity contribution is 7.18. The van der Waals surface area contributed by atoms with E-state index in [9.17, 15) is 9.59 Å². The van der Waals surface area contributed by atoms with Crippen LogP contribution in [0.5, 0.6) is 0 Å². The van der Waals surface area contributed by atoms with Gasteiger partial charge in [-0.25, -0.2) is 4.98 Å². The Morgan fingerprint density at radius 2 is 1.93 bits per heavy atom. The Bertz CT molecular complexity index is 932. The number of carbonyl (C=O) groups excluding carboxylic acids is 2. The van der Waals surface area contributed by atoms with Crippen LogP contribution >= 0.6 is 11.3 Å². The van der Waals surface area contributed by atoms with E-state index in [0.29, 0.717) is 24.9 Å². The number of hydrogen-bond donors (Lipinski definition) is 1. The lowest BCUT2D eigenvalue weighted by molar-refractivity contribution is -0.119. The number of fused-ring (bicyclic) bond motifs is 1. The topological polar surface area (TPSA) is 62.3 Å². The molecule has 6 heteroatoms. The molecule has 0 unspecified atom stereocenters. The number of amides is 2. The van der Waals surface area contributed by atoms with E-state index in [1.165, 1.54) is 4.70 Å². The van der Waals surface area contributed by atoms with E-state index in [1.807, 2.05) is 30.3 Å². The number of thiazole rings is 1. The van der Waals surface area contributed by atoms with E-state index in [0.717, 1.165) is 35.6 Å². The van der Waals surface area contributed by atoms with E-state index >= 15 is 0 Å². The molecule has 5 nitrogen and oxygen atoms in total. The summed E-state index contributed by atoms with van der Waals surface area (Å²) >= 11 is 1.66. The van der Waals surface area contributed by atoms with Crippen LogP contribution in [0, 0.1) is 0 Å². The van der Waals surface area contributed by atoms with Gasteiger partial charge >= 0.3 is 0 Å². The summed E-state index contributed by atoms with van der Waals surface area (Å²) in [5.74, 6) is 0.0573. The van der Waals surface area contributed by atoms with Gasteiger partial charge in [0.1, 0.15) is 0 Å². The van der Waals surface area contributed by atoms with Crippen LogP contribution in [0.2, 0.25) is 0 Å². The van der Waals surface area contributed by atoms with E-state index in [4.69, 9.17) is 0 Å². The van der Waals surface area contributed by atoms with Gasteiger partial charge in [0.15, 0.2) is 0 Å². The summed E-state index contributed by atoms with van der Waals surface area (Å²) in [7, 11) is 0. The number of anilines is 1. The number of carbonyl (C=O) groups is 2. The molecule has 2 aromatic carbocycles. The summed E-state index contributed by atoms with van der Waals surface area (Å²) in [4.78, 5) is 30.7. The summed E-state index contributed by atoms with van der Waals surface area (Å²) in [5.41, 5.74) is 2.48. The molecule has 2 amide bonds. The molecule has 3 aromatic rings. The van der Waals surface area contributed by atoms with E-state index < -0.39 is 0 Å². The molecule has 0 aliphatic carbocycles. The van der Waals surface area contributed by atoms with Gasteiger partial charge in [0.2, 0.25) is 5.91 Å². The number of benzene rings is 2. The smallest absolute Gasteiger partial charge is 0.251 e. The number of nitrogens with zero attached hydrogens (tertiary/aromatic N) is 2. The SMILES string of the molecule is O=C(NCCc1nc2ccccc2s1)c1ccc(N2CCCCC2=O)cc1. The summed E-state index contributed by atoms with van der Waals surface area (Å²) in [6.45, 7) is 1.30. The van der Waals surface area contributed by atoms with Crippen LogP contribution in [0.3, 0.4) is 0 Å². The first-order valence-electron chi connectivity index (χ1n) is 9.24. The molecule has 1 saturated heterocycles. The van der Waals surface area contributed by atoms with Crippen molar-refractivity contribution in [2.45, 2.75) is 25.7 Å². The fourth-order valence-electron chi connectivity index (χ4n) is 3.28. The van der Waals surface area contributed by atoms with Crippen LogP contribution in [0.15, 0.2) is 48.5 Å². The zero-order valence-corrected chi connectivity index (χ0v) is 15.8. The predicted molar refractivity (Wildman–Crippen MR) is 108 cm³/mol. The van der Waals surface area contributed by atoms with Crippen molar-refractivity contribution in [2.24, 2.45) is 0 Å². The lowest BCUT2D eigenvalue weighted by Gasteiger charge is -2.26. The number of hydrogen-bond acceptors (Lipinski definition) is 4. The zero-order valence-electron chi connectivity index (χ0n) is 15.0. The number of para-hydroxylation sites is 1. The highest BCUT2D eigenvalue weighted by atomic mass is 32.1. The first kappa shape index (κ1) is 17.7. The van der Waals surface area contributed by atoms with Crippen molar-refractivity contribution >= 4 is 39.1 Å². The Labute approximate surface area is 162 Å². The Morgan fingerprint density at radius 1 is 1.11 bits per heavy atom. The van der Waals surface area contributed by atoms with Crippen molar-refractivity contribution < 1.29 is 9.59 Å².